The van der Waals surface area contributed by atoms with Gasteiger partial charge in [0.25, 0.3) is 11.8 Å². The fraction of sp³-hybridized carbons (Fsp3) is 0.278. The molecule has 0 unspecified atom stereocenters. The number of hydrogen-bond donors (Lipinski definition) is 2. The molecule has 0 fully saturated rings. The van der Waals surface area contributed by atoms with Gasteiger partial charge in [0, 0.05) is 5.56 Å². The number of benzene rings is 1. The van der Waals surface area contributed by atoms with Crippen LogP contribution in [0.3, 0.4) is 0 Å². The molecule has 0 saturated carbocycles. The normalized spacial score (nSPS) is 12.2. The molecule has 4 N–H and O–H groups in total. The molecule has 0 bridgehead atoms. The Balaban J connectivity index is 2.40. The number of nitrogen functional groups attached to an aromatic ring is 1. The van der Waals surface area contributed by atoms with Crippen molar-refractivity contribution >= 4 is 33.0 Å². The third-order valence-corrected chi connectivity index (χ3v) is 5.64. The largest absolute Gasteiger partial charge is 0.534 e. The summed E-state index contributed by atoms with van der Waals surface area (Å²) in [6.45, 7) is 4.67. The molecule has 0 aliphatic carbocycles. The molecule has 32 heavy (non-hydrogen) atoms. The first kappa shape index (κ1) is 23.1. The molecule has 3 rings (SSSR count). The smallest absolute Gasteiger partial charge is 0.496 e. The van der Waals surface area contributed by atoms with Crippen LogP contribution in [0.4, 0.5) is 19.0 Å². The van der Waals surface area contributed by atoms with E-state index in [-0.39, 0.29) is 28.2 Å². The Hall–Kier alpha value is -3.55. The molecular formula is C18H18F3N5O5S. The molecule has 0 saturated heterocycles. The van der Waals surface area contributed by atoms with Crippen LogP contribution in [0.15, 0.2) is 12.1 Å². The lowest BCUT2D eigenvalue weighted by Gasteiger charge is -2.17. The van der Waals surface area contributed by atoms with Crippen molar-refractivity contribution in [2.24, 2.45) is 5.73 Å². The van der Waals surface area contributed by atoms with Gasteiger partial charge < -0.3 is 20.4 Å². The number of carbonyl (C=O) groups is 1. The van der Waals surface area contributed by atoms with Crippen LogP contribution in [0.2, 0.25) is 0 Å². The van der Waals surface area contributed by atoms with Crippen LogP contribution < -0.4 is 20.4 Å². The van der Waals surface area contributed by atoms with Gasteiger partial charge in [-0.2, -0.15) is 21.6 Å². The Kier molecular flexibility index (Phi) is 5.45. The molecule has 172 valence electrons. The van der Waals surface area contributed by atoms with Crippen LogP contribution in [0, 0.1) is 20.8 Å². The SMILES string of the molecule is COc1ccc(C)c(-n2c(N)c(C(N)=O)c3nc(OS(=O)(=O)C(F)(F)F)c(C)nc32)c1C. The van der Waals surface area contributed by atoms with Crippen LogP contribution in [0.5, 0.6) is 11.6 Å². The zero-order valence-electron chi connectivity index (χ0n) is 17.2. The molecule has 14 heteroatoms. The number of nitrogens with two attached hydrogens (primary N) is 2. The number of rotatable bonds is 5. The van der Waals surface area contributed by atoms with E-state index < -0.39 is 27.4 Å². The number of nitrogens with zero attached hydrogens (tertiary/aromatic N) is 3. The van der Waals surface area contributed by atoms with Gasteiger partial charge in [0.15, 0.2) is 5.65 Å². The standard InChI is InChI=1S/C18H18F3N5O5S/c1-7-5-6-10(30-4)8(2)13(7)26-14(22)11(15(23)27)12-16(26)24-9(3)17(25-12)31-32(28,29)18(19,20)21/h5-6H,22H2,1-4H3,(H2,23,27). The maximum absolute atomic E-state index is 12.8. The van der Waals surface area contributed by atoms with E-state index in [0.29, 0.717) is 22.6 Å². The molecule has 0 atom stereocenters. The predicted molar refractivity (Wildman–Crippen MR) is 108 cm³/mol. The fourth-order valence-electron chi connectivity index (χ4n) is 3.24. The number of fused-ring (bicyclic) bond motifs is 1. The minimum Gasteiger partial charge on any atom is -0.496 e. The van der Waals surface area contributed by atoms with E-state index in [1.165, 1.54) is 18.6 Å². The van der Waals surface area contributed by atoms with Gasteiger partial charge in [-0.05, 0) is 32.4 Å². The Labute approximate surface area is 180 Å². The lowest BCUT2D eigenvalue weighted by atomic mass is 10.1. The predicted octanol–water partition coefficient (Wildman–Crippen LogP) is 2.26. The summed E-state index contributed by atoms with van der Waals surface area (Å²) >= 11 is 0. The number of ether oxygens (including phenoxy) is 1. The number of carbonyl (C=O) groups excluding carboxylic acids is 1. The third-order valence-electron chi connectivity index (χ3n) is 4.70. The highest BCUT2D eigenvalue weighted by molar-refractivity contribution is 7.87. The van der Waals surface area contributed by atoms with Gasteiger partial charge >= 0.3 is 15.6 Å². The summed E-state index contributed by atoms with van der Waals surface area (Å²) in [6, 6.07) is 3.44. The van der Waals surface area contributed by atoms with Gasteiger partial charge in [-0.25, -0.2) is 9.97 Å². The maximum atomic E-state index is 12.8. The highest BCUT2D eigenvalue weighted by atomic mass is 32.2. The van der Waals surface area contributed by atoms with Crippen molar-refractivity contribution in [1.82, 2.24) is 14.5 Å². The molecule has 1 aromatic carbocycles. The van der Waals surface area contributed by atoms with E-state index in [9.17, 15) is 26.4 Å². The summed E-state index contributed by atoms with van der Waals surface area (Å²) in [5.41, 5.74) is 6.69. The number of amides is 1. The lowest BCUT2D eigenvalue weighted by molar-refractivity contribution is -0.0501. The van der Waals surface area contributed by atoms with Crippen molar-refractivity contribution in [1.29, 1.82) is 0 Å². The zero-order chi connectivity index (χ0) is 24.2. The first-order chi connectivity index (χ1) is 14.7. The summed E-state index contributed by atoms with van der Waals surface area (Å²) in [4.78, 5) is 20.1. The number of primary amides is 1. The van der Waals surface area contributed by atoms with Crippen LogP contribution in [0.1, 0.15) is 27.2 Å². The van der Waals surface area contributed by atoms with Crippen molar-refractivity contribution < 1.29 is 35.3 Å². The van der Waals surface area contributed by atoms with Crippen LogP contribution in [-0.2, 0) is 10.1 Å². The van der Waals surface area contributed by atoms with Crippen LogP contribution >= 0.6 is 0 Å². The molecule has 3 aromatic rings. The van der Waals surface area contributed by atoms with E-state index >= 15 is 0 Å². The van der Waals surface area contributed by atoms with Crippen molar-refractivity contribution in [3.63, 3.8) is 0 Å². The molecule has 2 aromatic heterocycles. The Morgan fingerprint density at radius 2 is 1.78 bits per heavy atom. The number of methoxy groups -OCH3 is 1. The van der Waals surface area contributed by atoms with E-state index in [2.05, 4.69) is 14.2 Å². The maximum Gasteiger partial charge on any atom is 0.534 e. The van der Waals surface area contributed by atoms with Crippen molar-refractivity contribution in [2.75, 3.05) is 12.8 Å². The molecule has 0 aliphatic rings. The van der Waals surface area contributed by atoms with E-state index in [1.54, 1.807) is 26.0 Å². The molecule has 10 nitrogen and oxygen atoms in total. The van der Waals surface area contributed by atoms with Crippen LogP contribution in [0.25, 0.3) is 16.9 Å². The van der Waals surface area contributed by atoms with E-state index in [1.807, 2.05) is 0 Å². The molecule has 0 spiro atoms. The van der Waals surface area contributed by atoms with Gasteiger partial charge in [-0.1, -0.05) is 6.07 Å². The van der Waals surface area contributed by atoms with E-state index in [4.69, 9.17) is 16.2 Å². The highest BCUT2D eigenvalue weighted by Gasteiger charge is 2.49. The second-order valence-corrected chi connectivity index (χ2v) is 8.33. The number of aryl methyl sites for hydroxylation is 2. The summed E-state index contributed by atoms with van der Waals surface area (Å²) in [7, 11) is -4.57. The minimum atomic E-state index is -6.03. The van der Waals surface area contributed by atoms with E-state index in [0.717, 1.165) is 0 Å². The lowest BCUT2D eigenvalue weighted by Crippen LogP contribution is -2.28. The first-order valence-electron chi connectivity index (χ1n) is 8.84. The monoisotopic (exact) mass is 473 g/mol. The van der Waals surface area contributed by atoms with Gasteiger partial charge in [-0.3, -0.25) is 9.36 Å². The number of alkyl halides is 3. The first-order valence-corrected chi connectivity index (χ1v) is 10.3. The topological polar surface area (TPSA) is 152 Å². The summed E-state index contributed by atoms with van der Waals surface area (Å²) in [6.07, 6.45) is 0. The van der Waals surface area contributed by atoms with Crippen molar-refractivity contribution in [2.45, 2.75) is 26.3 Å². The number of anilines is 1. The molecule has 0 aliphatic heterocycles. The van der Waals surface area contributed by atoms with Crippen molar-refractivity contribution in [3.05, 3.63) is 34.5 Å². The molecular weight excluding hydrogens is 455 g/mol. The van der Waals surface area contributed by atoms with Gasteiger partial charge in [0.05, 0.1) is 12.8 Å². The average Bonchev–Trinajstić information content (AvgIpc) is 2.92. The molecule has 0 radical (unpaired) electrons. The van der Waals surface area contributed by atoms with Gasteiger partial charge in [0.2, 0.25) is 0 Å². The summed E-state index contributed by atoms with van der Waals surface area (Å²) in [5.74, 6) is -1.71. The summed E-state index contributed by atoms with van der Waals surface area (Å²) in [5, 5.41) is 0. The number of halogens is 3. The second kappa shape index (κ2) is 7.55. The average molecular weight is 473 g/mol. The fourth-order valence-corrected chi connectivity index (χ4v) is 3.70. The second-order valence-electron chi connectivity index (χ2n) is 6.79. The third kappa shape index (κ3) is 3.55. The zero-order valence-corrected chi connectivity index (χ0v) is 18.1. The number of aromatic nitrogens is 3. The molecule has 2 heterocycles. The van der Waals surface area contributed by atoms with Crippen molar-refractivity contribution in [3.8, 4) is 17.3 Å². The Bertz CT molecular complexity index is 1370. The highest BCUT2D eigenvalue weighted by Crippen LogP contribution is 2.37. The Morgan fingerprint density at radius 1 is 1.16 bits per heavy atom. The van der Waals surface area contributed by atoms with Gasteiger partial charge in [0.1, 0.15) is 28.3 Å². The minimum absolute atomic E-state index is 0.0370. The van der Waals surface area contributed by atoms with Gasteiger partial charge in [-0.15, -0.1) is 0 Å². The Morgan fingerprint density at radius 3 is 2.31 bits per heavy atom. The molecule has 1 amide bonds. The quantitative estimate of drug-likeness (QED) is 0.423. The van der Waals surface area contributed by atoms with Crippen LogP contribution in [-0.4, -0.2) is 41.5 Å². The summed E-state index contributed by atoms with van der Waals surface area (Å²) < 4.78 is 71.9. The number of hydrogen-bond acceptors (Lipinski definition) is 8.